The summed E-state index contributed by atoms with van der Waals surface area (Å²) in [7, 11) is 2.98. The lowest BCUT2D eigenvalue weighted by molar-refractivity contribution is -0.120. The number of amides is 2. The van der Waals surface area contributed by atoms with Crippen molar-refractivity contribution in [1.29, 1.82) is 0 Å². The second-order valence-electron chi connectivity index (χ2n) is 8.36. The Balaban J connectivity index is 1.66. The number of carbonyl (C=O) groups is 2. The van der Waals surface area contributed by atoms with Crippen LogP contribution in [0.15, 0.2) is 72.4 Å². The molecule has 0 saturated carbocycles. The predicted molar refractivity (Wildman–Crippen MR) is 155 cm³/mol. The Labute approximate surface area is 238 Å². The molecule has 210 valence electrons. The van der Waals surface area contributed by atoms with Crippen molar-refractivity contribution in [2.24, 2.45) is 5.10 Å². The van der Waals surface area contributed by atoms with Crippen LogP contribution in [0.4, 0.5) is 0 Å². The van der Waals surface area contributed by atoms with E-state index in [1.165, 1.54) is 26.5 Å². The van der Waals surface area contributed by atoms with Crippen LogP contribution in [0.1, 0.15) is 34.0 Å². The van der Waals surface area contributed by atoms with E-state index in [0.29, 0.717) is 52.2 Å². The van der Waals surface area contributed by atoms with Gasteiger partial charge in [0.25, 0.3) is 11.8 Å². The molecule has 3 rings (SSSR count). The molecule has 0 aliphatic carbocycles. The van der Waals surface area contributed by atoms with Crippen LogP contribution in [0.3, 0.4) is 0 Å². The molecular formula is C30H32ClN3O6. The standard InChI is InChI=1S/C30H32ClN3O6/c1-5-9-21-14-20(15-27(39-6-2)29(21)40-19-23-10-7-8-11-24(23)31)17-33-34-28(35)18-32-30(36)22-12-13-25(37-3)26(16-22)38-4/h5,7-8,10-17H,1,6,9,18-19H2,2-4H3,(H,32,36)(H,34,35)/b33-17+. The van der Waals surface area contributed by atoms with E-state index in [4.69, 9.17) is 30.5 Å². The van der Waals surface area contributed by atoms with Gasteiger partial charge in [0.05, 0.1) is 33.6 Å². The highest BCUT2D eigenvalue weighted by Crippen LogP contribution is 2.35. The number of hydrogen-bond acceptors (Lipinski definition) is 7. The summed E-state index contributed by atoms with van der Waals surface area (Å²) in [5.41, 5.74) is 5.10. The van der Waals surface area contributed by atoms with Crippen molar-refractivity contribution >= 4 is 29.6 Å². The van der Waals surface area contributed by atoms with Gasteiger partial charge in [-0.15, -0.1) is 6.58 Å². The number of ether oxygens (including phenoxy) is 4. The Morgan fingerprint density at radius 1 is 0.975 bits per heavy atom. The summed E-state index contributed by atoms with van der Waals surface area (Å²) in [5.74, 6) is 1.08. The van der Waals surface area contributed by atoms with Gasteiger partial charge in [-0.05, 0) is 55.3 Å². The zero-order valence-corrected chi connectivity index (χ0v) is 23.4. The Morgan fingerprint density at radius 3 is 2.45 bits per heavy atom. The number of carbonyl (C=O) groups excluding carboxylic acids is 2. The summed E-state index contributed by atoms with van der Waals surface area (Å²) in [4.78, 5) is 24.7. The fraction of sp³-hybridized carbons (Fsp3) is 0.233. The molecule has 0 saturated heterocycles. The maximum atomic E-state index is 12.4. The molecule has 2 amide bonds. The van der Waals surface area contributed by atoms with Gasteiger partial charge in [-0.3, -0.25) is 9.59 Å². The van der Waals surface area contributed by atoms with Crippen LogP contribution in [-0.2, 0) is 17.8 Å². The minimum atomic E-state index is -0.499. The molecule has 0 aliphatic rings. The van der Waals surface area contributed by atoms with Gasteiger partial charge in [0.1, 0.15) is 6.61 Å². The third-order valence-corrected chi connectivity index (χ3v) is 5.97. The van der Waals surface area contributed by atoms with Crippen molar-refractivity contribution < 1.29 is 28.5 Å². The lowest BCUT2D eigenvalue weighted by Gasteiger charge is -2.17. The highest BCUT2D eigenvalue weighted by molar-refractivity contribution is 6.31. The minimum absolute atomic E-state index is 0.266. The molecule has 0 aliphatic heterocycles. The van der Waals surface area contributed by atoms with E-state index in [1.54, 1.807) is 24.3 Å². The van der Waals surface area contributed by atoms with Crippen molar-refractivity contribution in [1.82, 2.24) is 10.7 Å². The number of hydrogen-bond donors (Lipinski definition) is 2. The van der Waals surface area contributed by atoms with E-state index < -0.39 is 11.8 Å². The smallest absolute Gasteiger partial charge is 0.259 e. The molecule has 0 fully saturated rings. The van der Waals surface area contributed by atoms with Crippen molar-refractivity contribution in [3.05, 3.63) is 94.5 Å². The van der Waals surface area contributed by atoms with Crippen molar-refractivity contribution in [3.8, 4) is 23.0 Å². The lowest BCUT2D eigenvalue weighted by Crippen LogP contribution is -2.34. The molecule has 10 heteroatoms. The molecule has 0 heterocycles. The zero-order chi connectivity index (χ0) is 28.9. The highest BCUT2D eigenvalue weighted by atomic mass is 35.5. The van der Waals surface area contributed by atoms with Crippen LogP contribution in [0.5, 0.6) is 23.0 Å². The van der Waals surface area contributed by atoms with Crippen molar-refractivity contribution in [2.75, 3.05) is 27.4 Å². The Kier molecular flexibility index (Phi) is 11.4. The number of methoxy groups -OCH3 is 2. The number of allylic oxidation sites excluding steroid dienone is 1. The molecule has 0 bridgehead atoms. The summed E-state index contributed by atoms with van der Waals surface area (Å²) >= 11 is 6.28. The van der Waals surface area contributed by atoms with Gasteiger partial charge >= 0.3 is 0 Å². The second-order valence-corrected chi connectivity index (χ2v) is 8.77. The van der Waals surface area contributed by atoms with Crippen molar-refractivity contribution in [2.45, 2.75) is 20.0 Å². The first-order valence-corrected chi connectivity index (χ1v) is 12.9. The van der Waals surface area contributed by atoms with Gasteiger partial charge in [0.15, 0.2) is 23.0 Å². The van der Waals surface area contributed by atoms with E-state index in [-0.39, 0.29) is 13.2 Å². The second kappa shape index (κ2) is 15.2. The average molecular weight is 566 g/mol. The number of rotatable bonds is 14. The molecule has 0 atom stereocenters. The maximum absolute atomic E-state index is 12.4. The number of hydrazone groups is 1. The summed E-state index contributed by atoms with van der Waals surface area (Å²) in [6, 6.07) is 15.8. The first kappa shape index (κ1) is 30.0. The maximum Gasteiger partial charge on any atom is 0.259 e. The number of halogens is 1. The summed E-state index contributed by atoms with van der Waals surface area (Å²) in [5, 5.41) is 7.19. The molecule has 0 radical (unpaired) electrons. The van der Waals surface area contributed by atoms with Gasteiger partial charge in [-0.1, -0.05) is 35.9 Å². The van der Waals surface area contributed by atoms with Gasteiger partial charge < -0.3 is 24.3 Å². The number of nitrogens with one attached hydrogen (secondary N) is 2. The van der Waals surface area contributed by atoms with E-state index in [2.05, 4.69) is 22.4 Å². The van der Waals surface area contributed by atoms with E-state index >= 15 is 0 Å². The first-order chi connectivity index (χ1) is 19.4. The molecular weight excluding hydrogens is 534 g/mol. The normalized spacial score (nSPS) is 10.6. The lowest BCUT2D eigenvalue weighted by atomic mass is 10.1. The molecule has 2 N–H and O–H groups in total. The van der Waals surface area contributed by atoms with E-state index in [1.807, 2.05) is 37.3 Å². The van der Waals surface area contributed by atoms with Gasteiger partial charge in [-0.25, -0.2) is 5.43 Å². The number of nitrogens with zero attached hydrogens (tertiary/aromatic N) is 1. The Hall–Kier alpha value is -4.50. The van der Waals surface area contributed by atoms with E-state index in [9.17, 15) is 9.59 Å². The molecule has 9 nitrogen and oxygen atoms in total. The van der Waals surface area contributed by atoms with E-state index in [0.717, 1.165) is 11.1 Å². The number of benzene rings is 3. The van der Waals surface area contributed by atoms with Crippen LogP contribution >= 0.6 is 11.6 Å². The molecule has 0 unspecified atom stereocenters. The van der Waals surface area contributed by atoms with Crippen LogP contribution < -0.4 is 29.7 Å². The fourth-order valence-corrected chi connectivity index (χ4v) is 3.91. The molecule has 0 spiro atoms. The van der Waals surface area contributed by atoms with Crippen molar-refractivity contribution in [3.63, 3.8) is 0 Å². The third kappa shape index (κ3) is 8.25. The van der Waals surface area contributed by atoms with Crippen LogP contribution in [-0.4, -0.2) is 45.4 Å². The topological polar surface area (TPSA) is 107 Å². The SMILES string of the molecule is C=CCc1cc(/C=N/NC(=O)CNC(=O)c2ccc(OC)c(OC)c2)cc(OCC)c1OCc1ccccc1Cl. The fourth-order valence-electron chi connectivity index (χ4n) is 3.72. The monoisotopic (exact) mass is 565 g/mol. The Bertz CT molecular complexity index is 1380. The van der Waals surface area contributed by atoms with Gasteiger partial charge in [0, 0.05) is 21.7 Å². The van der Waals surface area contributed by atoms with Crippen LogP contribution in [0, 0.1) is 0 Å². The third-order valence-electron chi connectivity index (χ3n) is 5.61. The zero-order valence-electron chi connectivity index (χ0n) is 22.7. The largest absolute Gasteiger partial charge is 0.493 e. The predicted octanol–water partition coefficient (Wildman–Crippen LogP) is 4.94. The summed E-state index contributed by atoms with van der Waals surface area (Å²) < 4.78 is 22.4. The minimum Gasteiger partial charge on any atom is -0.493 e. The Morgan fingerprint density at radius 2 is 1.75 bits per heavy atom. The molecule has 3 aromatic carbocycles. The molecule has 40 heavy (non-hydrogen) atoms. The van der Waals surface area contributed by atoms with Crippen LogP contribution in [0.25, 0.3) is 0 Å². The van der Waals surface area contributed by atoms with Crippen LogP contribution in [0.2, 0.25) is 5.02 Å². The quantitative estimate of drug-likeness (QED) is 0.163. The average Bonchev–Trinajstić information content (AvgIpc) is 2.96. The molecule has 0 aromatic heterocycles. The summed E-state index contributed by atoms with van der Waals surface area (Å²) in [6.45, 7) is 6.13. The molecule has 3 aromatic rings. The van der Waals surface area contributed by atoms with Gasteiger partial charge in [-0.2, -0.15) is 5.10 Å². The summed E-state index contributed by atoms with van der Waals surface area (Å²) in [6.07, 6.45) is 3.77. The van der Waals surface area contributed by atoms with Gasteiger partial charge in [0.2, 0.25) is 0 Å². The highest BCUT2D eigenvalue weighted by Gasteiger charge is 2.15. The first-order valence-electron chi connectivity index (χ1n) is 12.5.